The maximum absolute atomic E-state index is 2.35. The van der Waals surface area contributed by atoms with Gasteiger partial charge in [0.1, 0.15) is 0 Å². The molecule has 15 heavy (non-hydrogen) atoms. The van der Waals surface area contributed by atoms with Gasteiger partial charge in [-0.3, -0.25) is 0 Å². The molecule has 0 nitrogen and oxygen atoms in total. The maximum atomic E-state index is 2.35. The van der Waals surface area contributed by atoms with Crippen molar-refractivity contribution < 1.29 is 0 Å². The first-order valence-electron chi connectivity index (χ1n) is 7.20. The van der Waals surface area contributed by atoms with Crippen LogP contribution in [0, 0.1) is 11.8 Å². The topological polar surface area (TPSA) is 0 Å². The van der Waals surface area contributed by atoms with E-state index in [-0.39, 0.29) is 0 Å². The lowest BCUT2D eigenvalue weighted by Crippen LogP contribution is -2.03. The highest BCUT2D eigenvalue weighted by molar-refractivity contribution is 4.60. The van der Waals surface area contributed by atoms with Crippen LogP contribution >= 0.6 is 0 Å². The van der Waals surface area contributed by atoms with Crippen LogP contribution in [0.15, 0.2) is 0 Å². The fraction of sp³-hybridized carbons (Fsp3) is 1.00. The Hall–Kier alpha value is 0. The first kappa shape index (κ1) is 15.0. The third kappa shape index (κ3) is 10.3. The molecule has 0 heteroatoms. The summed E-state index contributed by atoms with van der Waals surface area (Å²) in [4.78, 5) is 0. The van der Waals surface area contributed by atoms with E-state index in [0.717, 1.165) is 11.8 Å². The number of unbranched alkanes of at least 4 members (excludes halogenated alkanes) is 5. The molecule has 0 bridgehead atoms. The largest absolute Gasteiger partial charge is 0.0654 e. The molecule has 0 aliphatic carbocycles. The molecule has 0 aliphatic heterocycles. The second-order valence-electron chi connectivity index (χ2n) is 5.46. The van der Waals surface area contributed by atoms with Gasteiger partial charge >= 0.3 is 0 Å². The van der Waals surface area contributed by atoms with Gasteiger partial charge in [0, 0.05) is 0 Å². The van der Waals surface area contributed by atoms with Gasteiger partial charge in [-0.25, -0.2) is 0 Å². The van der Waals surface area contributed by atoms with Crippen LogP contribution in [-0.2, 0) is 0 Å². The average Bonchev–Trinajstić information content (AvgIpc) is 2.20. The Morgan fingerprint density at radius 2 is 1.40 bits per heavy atom. The van der Waals surface area contributed by atoms with Crippen molar-refractivity contribution in [1.82, 2.24) is 0 Å². The fourth-order valence-electron chi connectivity index (χ4n) is 2.37. The van der Waals surface area contributed by atoms with Crippen LogP contribution < -0.4 is 0 Å². The summed E-state index contributed by atoms with van der Waals surface area (Å²) in [7, 11) is 0. The van der Waals surface area contributed by atoms with Gasteiger partial charge in [0.2, 0.25) is 0 Å². The molecule has 0 radical (unpaired) electrons. The van der Waals surface area contributed by atoms with E-state index in [1.54, 1.807) is 0 Å². The van der Waals surface area contributed by atoms with E-state index in [9.17, 15) is 0 Å². The summed E-state index contributed by atoms with van der Waals surface area (Å²) in [5, 5.41) is 0. The van der Waals surface area contributed by atoms with Crippen LogP contribution in [0.3, 0.4) is 0 Å². The quantitative estimate of drug-likeness (QED) is 0.401. The lowest BCUT2D eigenvalue weighted by Gasteiger charge is -2.16. The molecular weight excluding hydrogens is 180 g/mol. The van der Waals surface area contributed by atoms with Crippen molar-refractivity contribution in [2.24, 2.45) is 11.8 Å². The second kappa shape index (κ2) is 10.5. The van der Waals surface area contributed by atoms with Crippen molar-refractivity contribution in [3.63, 3.8) is 0 Å². The zero-order valence-corrected chi connectivity index (χ0v) is 11.5. The number of rotatable bonds is 10. The van der Waals surface area contributed by atoms with Crippen molar-refractivity contribution in [2.45, 2.75) is 85.5 Å². The molecule has 1 unspecified atom stereocenters. The zero-order chi connectivity index (χ0) is 11.5. The van der Waals surface area contributed by atoms with Gasteiger partial charge in [-0.1, -0.05) is 79.1 Å². The molecule has 0 aromatic rings. The van der Waals surface area contributed by atoms with Crippen molar-refractivity contribution in [1.29, 1.82) is 0 Å². The Labute approximate surface area is 97.8 Å². The first-order valence-corrected chi connectivity index (χ1v) is 7.20. The van der Waals surface area contributed by atoms with Crippen molar-refractivity contribution in [2.75, 3.05) is 0 Å². The predicted octanol–water partition coefficient (Wildman–Crippen LogP) is 5.81. The van der Waals surface area contributed by atoms with E-state index in [4.69, 9.17) is 0 Å². The van der Waals surface area contributed by atoms with Crippen molar-refractivity contribution >= 4 is 0 Å². The highest BCUT2D eigenvalue weighted by Crippen LogP contribution is 2.21. The van der Waals surface area contributed by atoms with E-state index in [2.05, 4.69) is 27.7 Å². The van der Waals surface area contributed by atoms with Crippen molar-refractivity contribution in [3.05, 3.63) is 0 Å². The van der Waals surface area contributed by atoms with Crippen LogP contribution in [0.25, 0.3) is 0 Å². The second-order valence-corrected chi connectivity index (χ2v) is 5.46. The molecule has 0 saturated carbocycles. The minimum atomic E-state index is 0.884. The van der Waals surface area contributed by atoms with Crippen molar-refractivity contribution in [3.8, 4) is 0 Å². The summed E-state index contributed by atoms with van der Waals surface area (Å²) in [6, 6.07) is 0. The fourth-order valence-corrected chi connectivity index (χ4v) is 2.37. The Kier molecular flexibility index (Phi) is 10.5. The molecule has 0 N–H and O–H groups in total. The smallest absolute Gasteiger partial charge is 0.0414 e. The molecule has 1 atom stereocenters. The summed E-state index contributed by atoms with van der Waals surface area (Å²) in [6.45, 7) is 9.34. The van der Waals surface area contributed by atoms with E-state index in [0.29, 0.717) is 0 Å². The highest BCUT2D eigenvalue weighted by atomic mass is 14.1. The molecule has 0 aliphatic rings. The van der Waals surface area contributed by atoms with Gasteiger partial charge in [-0.15, -0.1) is 0 Å². The standard InChI is InChI=1S/C15H32/c1-5-7-8-9-10-11-12-15(6-2)13-14(3)4/h14-15H,5-13H2,1-4H3. The monoisotopic (exact) mass is 212 g/mol. The molecule has 0 aromatic carbocycles. The van der Waals surface area contributed by atoms with E-state index < -0.39 is 0 Å². The van der Waals surface area contributed by atoms with Gasteiger partial charge in [0.15, 0.2) is 0 Å². The van der Waals surface area contributed by atoms with Crippen LogP contribution in [-0.4, -0.2) is 0 Å². The first-order chi connectivity index (χ1) is 7.20. The van der Waals surface area contributed by atoms with Gasteiger partial charge in [0.25, 0.3) is 0 Å². The summed E-state index contributed by atoms with van der Waals surface area (Å²) in [6.07, 6.45) is 12.9. The number of hydrogen-bond acceptors (Lipinski definition) is 0. The lowest BCUT2D eigenvalue weighted by atomic mass is 9.90. The molecule has 0 aromatic heterocycles. The third-order valence-corrected chi connectivity index (χ3v) is 3.35. The molecule has 0 heterocycles. The Bertz CT molecular complexity index is 115. The minimum absolute atomic E-state index is 0.884. The Morgan fingerprint density at radius 1 is 0.800 bits per heavy atom. The molecule has 0 amide bonds. The lowest BCUT2D eigenvalue weighted by molar-refractivity contribution is 0.361. The van der Waals surface area contributed by atoms with E-state index >= 15 is 0 Å². The molecular formula is C15H32. The minimum Gasteiger partial charge on any atom is -0.0654 e. The molecule has 92 valence electrons. The van der Waals surface area contributed by atoms with Gasteiger partial charge in [-0.05, 0) is 18.3 Å². The third-order valence-electron chi connectivity index (χ3n) is 3.35. The normalized spacial score (nSPS) is 13.4. The van der Waals surface area contributed by atoms with Crippen LogP contribution in [0.4, 0.5) is 0 Å². The van der Waals surface area contributed by atoms with Gasteiger partial charge in [0.05, 0.1) is 0 Å². The average molecular weight is 212 g/mol. The summed E-state index contributed by atoms with van der Waals surface area (Å²) < 4.78 is 0. The molecule has 0 fully saturated rings. The zero-order valence-electron chi connectivity index (χ0n) is 11.5. The highest BCUT2D eigenvalue weighted by Gasteiger charge is 2.07. The van der Waals surface area contributed by atoms with E-state index in [1.165, 1.54) is 57.8 Å². The predicted molar refractivity (Wildman–Crippen MR) is 71.2 cm³/mol. The maximum Gasteiger partial charge on any atom is -0.0414 e. The Morgan fingerprint density at radius 3 is 1.93 bits per heavy atom. The van der Waals surface area contributed by atoms with Crippen LogP contribution in [0.1, 0.15) is 85.5 Å². The number of hydrogen-bond donors (Lipinski definition) is 0. The summed E-state index contributed by atoms with van der Waals surface area (Å²) >= 11 is 0. The van der Waals surface area contributed by atoms with E-state index in [1.807, 2.05) is 0 Å². The molecule has 0 saturated heterocycles. The van der Waals surface area contributed by atoms with Gasteiger partial charge in [-0.2, -0.15) is 0 Å². The summed E-state index contributed by atoms with van der Waals surface area (Å²) in [5.41, 5.74) is 0. The SMILES string of the molecule is CCCCCCCCC(CC)CC(C)C. The van der Waals surface area contributed by atoms with Crippen LogP contribution in [0.2, 0.25) is 0 Å². The van der Waals surface area contributed by atoms with Gasteiger partial charge < -0.3 is 0 Å². The Balaban J connectivity index is 3.30. The molecule has 0 rings (SSSR count). The molecule has 0 spiro atoms. The van der Waals surface area contributed by atoms with Crippen LogP contribution in [0.5, 0.6) is 0 Å². The summed E-state index contributed by atoms with van der Waals surface area (Å²) in [5.74, 6) is 1.88.